The van der Waals surface area contributed by atoms with Crippen LogP contribution >= 0.6 is 12.2 Å². The van der Waals surface area contributed by atoms with Gasteiger partial charge in [0.25, 0.3) is 0 Å². The molecule has 1 unspecified atom stereocenters. The van der Waals surface area contributed by atoms with Crippen molar-refractivity contribution in [1.29, 1.82) is 0 Å². The molecule has 30 heavy (non-hydrogen) atoms. The van der Waals surface area contributed by atoms with Crippen LogP contribution in [0, 0.1) is 0 Å². The van der Waals surface area contributed by atoms with Gasteiger partial charge in [0, 0.05) is 18.8 Å². The van der Waals surface area contributed by atoms with Gasteiger partial charge >= 0.3 is 5.97 Å². The van der Waals surface area contributed by atoms with Crippen molar-refractivity contribution in [2.45, 2.75) is 31.8 Å². The van der Waals surface area contributed by atoms with Gasteiger partial charge in [0.05, 0.1) is 18.2 Å². The van der Waals surface area contributed by atoms with Crippen LogP contribution in [0.1, 0.15) is 31.4 Å². The molecule has 1 aliphatic heterocycles. The molecule has 2 aliphatic rings. The summed E-state index contributed by atoms with van der Waals surface area (Å²) in [5.74, 6) is -0.331. The fraction of sp³-hybridized carbons (Fsp3) is 0.333. The molecule has 0 aromatic heterocycles. The van der Waals surface area contributed by atoms with E-state index in [0.717, 1.165) is 35.2 Å². The molecule has 1 fully saturated rings. The first-order valence-electron chi connectivity index (χ1n) is 10.2. The average molecular weight is 423 g/mol. The van der Waals surface area contributed by atoms with Gasteiger partial charge in [-0.15, -0.1) is 0 Å². The zero-order valence-corrected chi connectivity index (χ0v) is 18.1. The van der Waals surface area contributed by atoms with Crippen LogP contribution in [-0.2, 0) is 14.3 Å². The normalized spacial score (nSPS) is 18.9. The molecule has 1 atom stereocenters. The number of nitrogens with one attached hydrogen (secondary N) is 1. The zero-order valence-electron chi connectivity index (χ0n) is 17.3. The summed E-state index contributed by atoms with van der Waals surface area (Å²) in [5.41, 5.74) is 4.75. The monoisotopic (exact) mass is 422 g/mol. The van der Waals surface area contributed by atoms with E-state index in [1.54, 1.807) is 7.11 Å². The lowest BCUT2D eigenvalue weighted by molar-refractivity contribution is -0.140. The van der Waals surface area contributed by atoms with Crippen molar-refractivity contribution in [3.8, 4) is 11.1 Å². The molecule has 2 aromatic rings. The quantitative estimate of drug-likeness (QED) is 0.410. The van der Waals surface area contributed by atoms with E-state index in [1.807, 2.05) is 37.3 Å². The van der Waals surface area contributed by atoms with E-state index in [-0.39, 0.29) is 18.6 Å². The predicted octanol–water partition coefficient (Wildman–Crippen LogP) is 4.21. The Morgan fingerprint density at radius 2 is 1.73 bits per heavy atom. The van der Waals surface area contributed by atoms with Gasteiger partial charge in [-0.1, -0.05) is 54.6 Å². The Balaban J connectivity index is 1.65. The Labute approximate surface area is 182 Å². The summed E-state index contributed by atoms with van der Waals surface area (Å²) in [6.07, 6.45) is 2.17. The molecule has 156 valence electrons. The van der Waals surface area contributed by atoms with Crippen LogP contribution in [0.3, 0.4) is 0 Å². The number of nitrogens with zero attached hydrogens (tertiary/aromatic N) is 1. The van der Waals surface area contributed by atoms with E-state index in [0.29, 0.717) is 23.3 Å². The number of esters is 1. The molecule has 1 N–H and O–H groups in total. The number of thiocarbonyl (C=S) groups is 1. The Morgan fingerprint density at radius 3 is 2.37 bits per heavy atom. The van der Waals surface area contributed by atoms with Crippen molar-refractivity contribution < 1.29 is 14.3 Å². The molecule has 2 aromatic carbocycles. The maximum Gasteiger partial charge on any atom is 0.338 e. The van der Waals surface area contributed by atoms with Gasteiger partial charge in [-0.05, 0) is 48.7 Å². The standard InChI is InChI=1S/C24H26N2O3S/c1-16-21(23(27)29-15-14-28-2)22(25-24(30)26(16)20-12-13-20)19-10-8-18(9-11-19)17-6-4-3-5-7-17/h3-11,20,22H,12-15H2,1-2H3,(H,25,30). The number of hydrogen-bond donors (Lipinski definition) is 1. The molecule has 0 saturated heterocycles. The minimum atomic E-state index is -0.340. The van der Waals surface area contributed by atoms with E-state index < -0.39 is 0 Å². The van der Waals surface area contributed by atoms with Gasteiger partial charge < -0.3 is 19.7 Å². The number of carbonyl (C=O) groups is 1. The molecule has 0 radical (unpaired) electrons. The van der Waals surface area contributed by atoms with Gasteiger partial charge in [-0.2, -0.15) is 0 Å². The second kappa shape index (κ2) is 8.98. The first-order valence-corrected chi connectivity index (χ1v) is 10.6. The van der Waals surface area contributed by atoms with Crippen molar-refractivity contribution in [1.82, 2.24) is 10.2 Å². The highest BCUT2D eigenvalue weighted by molar-refractivity contribution is 7.80. The topological polar surface area (TPSA) is 50.8 Å². The van der Waals surface area contributed by atoms with Crippen molar-refractivity contribution in [3.05, 3.63) is 71.4 Å². The molecule has 5 nitrogen and oxygen atoms in total. The number of hydrogen-bond acceptors (Lipinski definition) is 4. The molecule has 1 aliphatic carbocycles. The van der Waals surface area contributed by atoms with Crippen LogP contribution in [0.25, 0.3) is 11.1 Å². The van der Waals surface area contributed by atoms with Crippen molar-refractivity contribution in [2.75, 3.05) is 20.3 Å². The minimum Gasteiger partial charge on any atom is -0.460 e. The highest BCUT2D eigenvalue weighted by Gasteiger charge is 2.40. The number of ether oxygens (including phenoxy) is 2. The van der Waals surface area contributed by atoms with E-state index in [9.17, 15) is 4.79 Å². The Morgan fingerprint density at radius 1 is 1.07 bits per heavy atom. The first-order chi connectivity index (χ1) is 14.6. The lowest BCUT2D eigenvalue weighted by Crippen LogP contribution is -2.48. The Bertz CT molecular complexity index is 952. The van der Waals surface area contributed by atoms with Crippen molar-refractivity contribution in [3.63, 3.8) is 0 Å². The summed E-state index contributed by atoms with van der Waals surface area (Å²) in [5, 5.41) is 4.05. The smallest absolute Gasteiger partial charge is 0.338 e. The van der Waals surface area contributed by atoms with E-state index in [4.69, 9.17) is 21.7 Å². The van der Waals surface area contributed by atoms with Crippen LogP contribution in [0.15, 0.2) is 65.9 Å². The number of carbonyl (C=O) groups excluding carboxylic acids is 1. The van der Waals surface area contributed by atoms with E-state index >= 15 is 0 Å². The van der Waals surface area contributed by atoms with Crippen LogP contribution in [-0.4, -0.2) is 42.3 Å². The summed E-state index contributed by atoms with van der Waals surface area (Å²) in [6, 6.07) is 18.5. The SMILES string of the molecule is COCCOC(=O)C1=C(C)N(C2CC2)C(=S)NC1c1ccc(-c2ccccc2)cc1. The lowest BCUT2D eigenvalue weighted by atomic mass is 9.93. The predicted molar refractivity (Wildman–Crippen MR) is 121 cm³/mol. The molecule has 0 amide bonds. The fourth-order valence-corrected chi connectivity index (χ4v) is 4.24. The molecule has 1 heterocycles. The fourth-order valence-electron chi connectivity index (χ4n) is 3.84. The van der Waals surface area contributed by atoms with Gasteiger partial charge in [-0.25, -0.2) is 4.79 Å². The number of rotatable bonds is 7. The van der Waals surface area contributed by atoms with E-state index in [2.05, 4.69) is 34.5 Å². The lowest BCUT2D eigenvalue weighted by Gasteiger charge is -2.37. The number of allylic oxidation sites excluding steroid dienone is 1. The van der Waals surface area contributed by atoms with Crippen molar-refractivity contribution >= 4 is 23.3 Å². The first kappa shape index (κ1) is 20.6. The van der Waals surface area contributed by atoms with Gasteiger partial charge in [0.2, 0.25) is 0 Å². The third kappa shape index (κ3) is 4.25. The third-order valence-corrected chi connectivity index (χ3v) is 5.84. The second-order valence-corrected chi connectivity index (χ2v) is 7.99. The molecule has 0 bridgehead atoms. The highest BCUT2D eigenvalue weighted by Crippen LogP contribution is 2.38. The van der Waals surface area contributed by atoms with Gasteiger partial charge in [0.15, 0.2) is 5.11 Å². The third-order valence-electron chi connectivity index (χ3n) is 5.53. The molecule has 0 spiro atoms. The Hall–Kier alpha value is -2.70. The van der Waals surface area contributed by atoms with Crippen molar-refractivity contribution in [2.24, 2.45) is 0 Å². The van der Waals surface area contributed by atoms with Crippen LogP contribution in [0.4, 0.5) is 0 Å². The second-order valence-electron chi connectivity index (χ2n) is 7.60. The van der Waals surface area contributed by atoms with Gasteiger partial charge in [0.1, 0.15) is 6.61 Å². The summed E-state index contributed by atoms with van der Waals surface area (Å²) in [7, 11) is 1.59. The minimum absolute atomic E-state index is 0.222. The maximum atomic E-state index is 13.0. The van der Waals surface area contributed by atoms with Gasteiger partial charge in [-0.3, -0.25) is 0 Å². The van der Waals surface area contributed by atoms with E-state index in [1.165, 1.54) is 0 Å². The summed E-state index contributed by atoms with van der Waals surface area (Å²) >= 11 is 5.65. The average Bonchev–Trinajstić information content (AvgIpc) is 3.59. The molecule has 1 saturated carbocycles. The maximum absolute atomic E-state index is 13.0. The molecule has 6 heteroatoms. The van der Waals surface area contributed by atoms with Crippen LogP contribution in [0.5, 0.6) is 0 Å². The number of methoxy groups -OCH3 is 1. The molecule has 4 rings (SSSR count). The van der Waals surface area contributed by atoms with Crippen LogP contribution < -0.4 is 5.32 Å². The highest BCUT2D eigenvalue weighted by atomic mass is 32.1. The largest absolute Gasteiger partial charge is 0.460 e. The van der Waals surface area contributed by atoms with Crippen LogP contribution in [0.2, 0.25) is 0 Å². The zero-order chi connectivity index (χ0) is 21.1. The number of benzene rings is 2. The summed E-state index contributed by atoms with van der Waals surface area (Å²) in [6.45, 7) is 2.55. The molecular formula is C24H26N2O3S. The summed E-state index contributed by atoms with van der Waals surface area (Å²) < 4.78 is 10.5. The molecular weight excluding hydrogens is 396 g/mol. The Kier molecular flexibility index (Phi) is 6.16. The summed E-state index contributed by atoms with van der Waals surface area (Å²) in [4.78, 5) is 15.1.